The molecule has 2 aromatic rings. The molecule has 0 unspecified atom stereocenters. The van der Waals surface area contributed by atoms with E-state index in [0.717, 1.165) is 22.6 Å². The average Bonchev–Trinajstić information content (AvgIpc) is 2.57. The minimum atomic E-state index is -0.316. The maximum atomic E-state index is 11.9. The first-order valence-electron chi connectivity index (χ1n) is 7.83. The number of carbonyl (C=O) groups excluding carboxylic acids is 2. The molecule has 0 heterocycles. The van der Waals surface area contributed by atoms with Gasteiger partial charge in [-0.3, -0.25) is 9.59 Å². The molecule has 0 saturated heterocycles. The lowest BCUT2D eigenvalue weighted by Gasteiger charge is -2.09. The van der Waals surface area contributed by atoms with E-state index in [4.69, 9.17) is 4.74 Å². The maximum absolute atomic E-state index is 11.9. The lowest BCUT2D eigenvalue weighted by Crippen LogP contribution is -2.29. The molecule has 5 nitrogen and oxygen atoms in total. The number of para-hydroxylation sites is 1. The van der Waals surface area contributed by atoms with E-state index in [1.807, 2.05) is 55.5 Å². The van der Waals surface area contributed by atoms with Gasteiger partial charge in [-0.15, -0.1) is 0 Å². The van der Waals surface area contributed by atoms with Crippen molar-refractivity contribution in [2.45, 2.75) is 19.8 Å². The summed E-state index contributed by atoms with van der Waals surface area (Å²) in [6.45, 7) is 2.38. The zero-order valence-corrected chi connectivity index (χ0v) is 14.0. The average molecular weight is 326 g/mol. The zero-order valence-electron chi connectivity index (χ0n) is 14.0. The fraction of sp³-hybridized carbons (Fsp3) is 0.263. The summed E-state index contributed by atoms with van der Waals surface area (Å²) in [7, 11) is 1.62. The molecule has 2 aromatic carbocycles. The van der Waals surface area contributed by atoms with E-state index < -0.39 is 0 Å². The molecule has 0 aliphatic heterocycles. The summed E-state index contributed by atoms with van der Waals surface area (Å²) >= 11 is 0. The summed E-state index contributed by atoms with van der Waals surface area (Å²) in [6, 6.07) is 15.1. The highest BCUT2D eigenvalue weighted by molar-refractivity contribution is 6.03. The quantitative estimate of drug-likeness (QED) is 0.769. The Kier molecular flexibility index (Phi) is 6.37. The Hall–Kier alpha value is -2.82. The summed E-state index contributed by atoms with van der Waals surface area (Å²) in [6.07, 6.45) is 0.495. The normalized spacial score (nSPS) is 10.1. The van der Waals surface area contributed by atoms with E-state index >= 15 is 0 Å². The molecule has 0 saturated carbocycles. The Morgan fingerprint density at radius 3 is 2.58 bits per heavy atom. The van der Waals surface area contributed by atoms with Crippen LogP contribution in [0.25, 0.3) is 0 Å². The third-order valence-corrected chi connectivity index (χ3v) is 3.61. The number of anilines is 1. The van der Waals surface area contributed by atoms with Crippen LogP contribution in [0.5, 0.6) is 5.75 Å². The van der Waals surface area contributed by atoms with Crippen molar-refractivity contribution in [3.63, 3.8) is 0 Å². The second-order valence-corrected chi connectivity index (χ2v) is 5.49. The van der Waals surface area contributed by atoms with Crippen molar-refractivity contribution in [3.8, 4) is 5.75 Å². The summed E-state index contributed by atoms with van der Waals surface area (Å²) in [5, 5.41) is 5.51. The van der Waals surface area contributed by atoms with Crippen LogP contribution in [-0.2, 0) is 16.0 Å². The smallest absolute Gasteiger partial charge is 0.233 e. The van der Waals surface area contributed by atoms with Crippen LogP contribution in [0.3, 0.4) is 0 Å². The number of amides is 2. The minimum Gasteiger partial charge on any atom is -0.497 e. The van der Waals surface area contributed by atoms with Crippen LogP contribution in [-0.4, -0.2) is 25.5 Å². The van der Waals surface area contributed by atoms with Crippen LogP contribution in [0.4, 0.5) is 5.69 Å². The van der Waals surface area contributed by atoms with Gasteiger partial charge in [0.1, 0.15) is 12.2 Å². The lowest BCUT2D eigenvalue weighted by atomic mass is 10.1. The highest BCUT2D eigenvalue weighted by Crippen LogP contribution is 2.14. The molecule has 2 N–H and O–H groups in total. The van der Waals surface area contributed by atoms with Crippen molar-refractivity contribution in [1.82, 2.24) is 5.32 Å². The second kappa shape index (κ2) is 8.72. The molecule has 0 spiro atoms. The minimum absolute atomic E-state index is 0.188. The number of aryl methyl sites for hydroxylation is 1. The number of ether oxygens (including phenoxy) is 1. The third kappa shape index (κ3) is 5.43. The van der Waals surface area contributed by atoms with Gasteiger partial charge in [-0.1, -0.05) is 30.3 Å². The monoisotopic (exact) mass is 326 g/mol. The Labute approximate surface area is 142 Å². The van der Waals surface area contributed by atoms with Crippen molar-refractivity contribution in [2.24, 2.45) is 0 Å². The Morgan fingerprint density at radius 1 is 1.04 bits per heavy atom. The number of hydrogen-bond donors (Lipinski definition) is 2. The highest BCUT2D eigenvalue weighted by Gasteiger charge is 2.10. The first-order valence-corrected chi connectivity index (χ1v) is 7.83. The molecule has 0 radical (unpaired) electrons. The highest BCUT2D eigenvalue weighted by atomic mass is 16.5. The number of nitrogens with one attached hydrogen (secondary N) is 2. The summed E-state index contributed by atoms with van der Waals surface area (Å²) in [4.78, 5) is 23.7. The number of carbonyl (C=O) groups is 2. The van der Waals surface area contributed by atoms with Crippen LogP contribution >= 0.6 is 0 Å². The van der Waals surface area contributed by atoms with Crippen molar-refractivity contribution in [3.05, 3.63) is 59.7 Å². The predicted octanol–water partition coefficient (Wildman–Crippen LogP) is 2.69. The molecular weight excluding hydrogens is 304 g/mol. The predicted molar refractivity (Wildman–Crippen MR) is 94.1 cm³/mol. The molecule has 126 valence electrons. The van der Waals surface area contributed by atoms with E-state index in [1.165, 1.54) is 0 Å². The summed E-state index contributed by atoms with van der Waals surface area (Å²) in [5.41, 5.74) is 2.76. The van der Waals surface area contributed by atoms with Crippen LogP contribution < -0.4 is 15.4 Å². The fourth-order valence-electron chi connectivity index (χ4n) is 2.29. The molecule has 0 aliphatic carbocycles. The molecule has 0 aromatic heterocycles. The van der Waals surface area contributed by atoms with E-state index in [0.29, 0.717) is 13.0 Å². The van der Waals surface area contributed by atoms with Gasteiger partial charge >= 0.3 is 0 Å². The van der Waals surface area contributed by atoms with Crippen molar-refractivity contribution < 1.29 is 14.3 Å². The molecule has 0 aliphatic rings. The summed E-state index contributed by atoms with van der Waals surface area (Å²) < 4.78 is 5.16. The molecule has 0 atom stereocenters. The van der Waals surface area contributed by atoms with E-state index in [1.54, 1.807) is 7.11 Å². The SMILES string of the molecule is COc1cccc(CCNC(=O)CC(=O)Nc2ccccc2C)c1. The van der Waals surface area contributed by atoms with E-state index in [-0.39, 0.29) is 18.2 Å². The molecule has 5 heteroatoms. The van der Waals surface area contributed by atoms with Gasteiger partial charge in [0.2, 0.25) is 11.8 Å². The van der Waals surface area contributed by atoms with Gasteiger partial charge < -0.3 is 15.4 Å². The standard InChI is InChI=1S/C19H22N2O3/c1-14-6-3-4-9-17(14)21-19(23)13-18(22)20-11-10-15-7-5-8-16(12-15)24-2/h3-9,12H,10-11,13H2,1-2H3,(H,20,22)(H,21,23). The van der Waals surface area contributed by atoms with Gasteiger partial charge in [0.05, 0.1) is 7.11 Å². The first kappa shape index (κ1) is 17.5. The van der Waals surface area contributed by atoms with Gasteiger partial charge in [0.15, 0.2) is 0 Å². The van der Waals surface area contributed by atoms with Gasteiger partial charge in [-0.2, -0.15) is 0 Å². The number of methoxy groups -OCH3 is 1. The van der Waals surface area contributed by atoms with Crippen molar-refractivity contribution in [2.75, 3.05) is 19.0 Å². The third-order valence-electron chi connectivity index (χ3n) is 3.61. The first-order chi connectivity index (χ1) is 11.6. The Balaban J connectivity index is 1.74. The number of hydrogen-bond acceptors (Lipinski definition) is 3. The van der Waals surface area contributed by atoms with Gasteiger partial charge in [0.25, 0.3) is 0 Å². The van der Waals surface area contributed by atoms with E-state index in [9.17, 15) is 9.59 Å². The maximum Gasteiger partial charge on any atom is 0.233 e. The van der Waals surface area contributed by atoms with Crippen LogP contribution in [0, 0.1) is 6.92 Å². The van der Waals surface area contributed by atoms with Crippen molar-refractivity contribution in [1.29, 1.82) is 0 Å². The van der Waals surface area contributed by atoms with Crippen LogP contribution in [0.1, 0.15) is 17.5 Å². The summed E-state index contributed by atoms with van der Waals surface area (Å²) in [5.74, 6) is 0.184. The topological polar surface area (TPSA) is 67.4 Å². The molecule has 2 rings (SSSR count). The molecule has 0 bridgehead atoms. The molecule has 24 heavy (non-hydrogen) atoms. The van der Waals surface area contributed by atoms with E-state index in [2.05, 4.69) is 10.6 Å². The van der Waals surface area contributed by atoms with Gasteiger partial charge in [0, 0.05) is 12.2 Å². The zero-order chi connectivity index (χ0) is 17.4. The lowest BCUT2D eigenvalue weighted by molar-refractivity contribution is -0.126. The number of benzene rings is 2. The fourth-order valence-corrected chi connectivity index (χ4v) is 2.29. The van der Waals surface area contributed by atoms with Crippen LogP contribution in [0.15, 0.2) is 48.5 Å². The van der Waals surface area contributed by atoms with Gasteiger partial charge in [-0.25, -0.2) is 0 Å². The Bertz CT molecular complexity index is 713. The molecular formula is C19H22N2O3. The number of rotatable bonds is 7. The second-order valence-electron chi connectivity index (χ2n) is 5.49. The molecule has 0 fully saturated rings. The Morgan fingerprint density at radius 2 is 1.83 bits per heavy atom. The van der Waals surface area contributed by atoms with Crippen LogP contribution in [0.2, 0.25) is 0 Å². The largest absolute Gasteiger partial charge is 0.497 e. The van der Waals surface area contributed by atoms with Gasteiger partial charge in [-0.05, 0) is 42.7 Å². The molecule has 2 amide bonds. The van der Waals surface area contributed by atoms with Crippen molar-refractivity contribution >= 4 is 17.5 Å².